The number of nitrogens with zero attached hydrogens (tertiary/aromatic N) is 1. The second-order valence-electron chi connectivity index (χ2n) is 7.95. The van der Waals surface area contributed by atoms with Gasteiger partial charge >= 0.3 is 5.97 Å². The van der Waals surface area contributed by atoms with Crippen LogP contribution in [0.2, 0.25) is 5.02 Å². The lowest BCUT2D eigenvalue weighted by atomic mass is 9.92. The maximum atomic E-state index is 13.0. The van der Waals surface area contributed by atoms with E-state index in [1.165, 1.54) is 0 Å². The Hall–Kier alpha value is -2.53. The van der Waals surface area contributed by atoms with E-state index in [1.807, 2.05) is 51.1 Å². The number of esters is 1. The Labute approximate surface area is 170 Å². The predicted octanol–water partition coefficient (Wildman–Crippen LogP) is 4.83. The highest BCUT2D eigenvalue weighted by molar-refractivity contribution is 6.30. The molecule has 28 heavy (non-hydrogen) atoms. The van der Waals surface area contributed by atoms with E-state index in [-0.39, 0.29) is 12.8 Å². The average molecular weight is 402 g/mol. The molecule has 2 aromatic carbocycles. The number of aliphatic imine (C=N–C) groups is 1. The first-order valence-corrected chi connectivity index (χ1v) is 9.45. The third-order valence-electron chi connectivity index (χ3n) is 4.19. The van der Waals surface area contributed by atoms with Crippen LogP contribution in [0.4, 0.5) is 0 Å². The smallest absolute Gasteiger partial charge is 0.334 e. The fraction of sp³-hybridized carbons (Fsp3) is 0.364. The molecule has 3 rings (SSSR count). The highest BCUT2D eigenvalue weighted by Gasteiger charge is 2.37. The summed E-state index contributed by atoms with van der Waals surface area (Å²) in [5, 5.41) is 0.646. The molecule has 0 saturated carbocycles. The van der Waals surface area contributed by atoms with Crippen LogP contribution in [0.5, 0.6) is 11.5 Å². The molecule has 1 atom stereocenters. The quantitative estimate of drug-likeness (QED) is 0.531. The molecule has 0 spiro atoms. The highest BCUT2D eigenvalue weighted by atomic mass is 35.5. The van der Waals surface area contributed by atoms with E-state index in [4.69, 9.17) is 25.8 Å². The van der Waals surface area contributed by atoms with E-state index in [2.05, 4.69) is 4.99 Å². The molecule has 1 aliphatic heterocycles. The minimum atomic E-state index is -1.10. The maximum absolute atomic E-state index is 13.0. The van der Waals surface area contributed by atoms with E-state index in [0.29, 0.717) is 22.9 Å². The summed E-state index contributed by atoms with van der Waals surface area (Å²) in [7, 11) is 0. The lowest BCUT2D eigenvalue weighted by molar-refractivity contribution is -0.160. The summed E-state index contributed by atoms with van der Waals surface area (Å²) in [6.45, 7) is 7.51. The van der Waals surface area contributed by atoms with Crippen molar-refractivity contribution in [3.8, 4) is 11.5 Å². The van der Waals surface area contributed by atoms with Gasteiger partial charge in [0.05, 0.1) is 0 Å². The zero-order valence-corrected chi connectivity index (χ0v) is 17.2. The molecular formula is C22H24ClNO4. The number of halogens is 1. The maximum Gasteiger partial charge on any atom is 0.334 e. The van der Waals surface area contributed by atoms with Crippen LogP contribution in [0.3, 0.4) is 0 Å². The standard InChI is InChI=1S/C22H24ClNO4/c1-21(2,3)28-20(25)22(4,24-13-15-5-8-17(23)9-6-15)12-16-7-10-18-19(11-16)27-14-26-18/h5-11,13H,12,14H2,1-4H3/b24-13+/t22-/m0/s1. The molecule has 0 amide bonds. The minimum Gasteiger partial charge on any atom is -0.458 e. The van der Waals surface area contributed by atoms with Crippen molar-refractivity contribution in [3.05, 3.63) is 58.6 Å². The zero-order chi connectivity index (χ0) is 20.4. The van der Waals surface area contributed by atoms with Crippen LogP contribution in [0.1, 0.15) is 38.8 Å². The molecule has 148 valence electrons. The van der Waals surface area contributed by atoms with Gasteiger partial charge in [0.25, 0.3) is 0 Å². The number of carbonyl (C=O) groups excluding carboxylic acids is 1. The fourth-order valence-electron chi connectivity index (χ4n) is 2.77. The molecule has 0 N–H and O–H groups in total. The molecule has 5 nitrogen and oxygen atoms in total. The Kier molecular flexibility index (Phi) is 5.66. The molecule has 0 saturated heterocycles. The Morgan fingerprint density at radius 1 is 1.11 bits per heavy atom. The minimum absolute atomic E-state index is 0.205. The molecule has 0 fully saturated rings. The van der Waals surface area contributed by atoms with E-state index >= 15 is 0 Å². The molecule has 0 bridgehead atoms. The molecule has 1 heterocycles. The van der Waals surface area contributed by atoms with Crippen molar-refractivity contribution in [1.82, 2.24) is 0 Å². The van der Waals surface area contributed by atoms with Crippen molar-refractivity contribution in [2.24, 2.45) is 4.99 Å². The van der Waals surface area contributed by atoms with Gasteiger partial charge < -0.3 is 14.2 Å². The van der Waals surface area contributed by atoms with Gasteiger partial charge in [-0.2, -0.15) is 0 Å². The number of carbonyl (C=O) groups is 1. The second kappa shape index (κ2) is 7.84. The number of hydrogen-bond acceptors (Lipinski definition) is 5. The summed E-state index contributed by atoms with van der Waals surface area (Å²) >= 11 is 5.94. The molecule has 0 unspecified atom stereocenters. The van der Waals surface area contributed by atoms with E-state index in [0.717, 1.165) is 11.1 Å². The van der Waals surface area contributed by atoms with Crippen LogP contribution >= 0.6 is 11.6 Å². The third kappa shape index (κ3) is 5.04. The first-order chi connectivity index (χ1) is 13.1. The summed E-state index contributed by atoms with van der Waals surface area (Å²) < 4.78 is 16.4. The van der Waals surface area contributed by atoms with E-state index < -0.39 is 11.1 Å². The number of hydrogen-bond donors (Lipinski definition) is 0. The first-order valence-electron chi connectivity index (χ1n) is 9.07. The Bertz CT molecular complexity index is 886. The average Bonchev–Trinajstić information content (AvgIpc) is 3.07. The van der Waals surface area contributed by atoms with Crippen molar-refractivity contribution in [2.75, 3.05) is 6.79 Å². The van der Waals surface area contributed by atoms with Crippen LogP contribution < -0.4 is 9.47 Å². The number of benzene rings is 2. The number of ether oxygens (including phenoxy) is 3. The topological polar surface area (TPSA) is 57.1 Å². The highest BCUT2D eigenvalue weighted by Crippen LogP contribution is 2.34. The summed E-state index contributed by atoms with van der Waals surface area (Å²) in [5.41, 5.74) is 0.0552. The van der Waals surface area contributed by atoms with Gasteiger partial charge in [0.15, 0.2) is 17.0 Å². The zero-order valence-electron chi connectivity index (χ0n) is 16.5. The number of rotatable bonds is 5. The predicted molar refractivity (Wildman–Crippen MR) is 110 cm³/mol. The number of fused-ring (bicyclic) bond motifs is 1. The van der Waals surface area contributed by atoms with Gasteiger partial charge in [0.1, 0.15) is 5.60 Å². The van der Waals surface area contributed by atoms with Crippen molar-refractivity contribution in [3.63, 3.8) is 0 Å². The SMILES string of the molecule is CC(C)(C)OC(=O)[C@](C)(Cc1ccc2c(c1)OCO2)/N=C/c1ccc(Cl)cc1. The van der Waals surface area contributed by atoms with Gasteiger partial charge in [0.2, 0.25) is 6.79 Å². The van der Waals surface area contributed by atoms with Crippen molar-refractivity contribution >= 4 is 23.8 Å². The summed E-state index contributed by atoms with van der Waals surface area (Å²) in [6.07, 6.45) is 2.04. The van der Waals surface area contributed by atoms with Gasteiger partial charge in [0, 0.05) is 17.7 Å². The van der Waals surface area contributed by atoms with E-state index in [1.54, 1.807) is 25.3 Å². The van der Waals surface area contributed by atoms with Crippen LogP contribution in [0, 0.1) is 0 Å². The molecule has 6 heteroatoms. The molecular weight excluding hydrogens is 378 g/mol. The summed E-state index contributed by atoms with van der Waals surface area (Å²) in [6, 6.07) is 12.9. The largest absolute Gasteiger partial charge is 0.458 e. The molecule has 0 aromatic heterocycles. The van der Waals surface area contributed by atoms with Gasteiger partial charge in [-0.25, -0.2) is 4.79 Å². The lowest BCUT2D eigenvalue weighted by Crippen LogP contribution is -2.41. The first kappa shape index (κ1) is 20.2. The molecule has 0 aliphatic carbocycles. The van der Waals surface area contributed by atoms with Gasteiger partial charge in [-0.05, 0) is 63.1 Å². The summed E-state index contributed by atoms with van der Waals surface area (Å²) in [5.74, 6) is 0.987. The Balaban J connectivity index is 1.89. The van der Waals surface area contributed by atoms with Crippen LogP contribution in [-0.2, 0) is 16.0 Å². The fourth-order valence-corrected chi connectivity index (χ4v) is 2.90. The molecule has 0 radical (unpaired) electrons. The van der Waals surface area contributed by atoms with Gasteiger partial charge in [-0.3, -0.25) is 4.99 Å². The van der Waals surface area contributed by atoms with Gasteiger partial charge in [-0.15, -0.1) is 0 Å². The molecule has 2 aromatic rings. The van der Waals surface area contributed by atoms with Crippen molar-refractivity contribution in [2.45, 2.75) is 45.3 Å². The third-order valence-corrected chi connectivity index (χ3v) is 4.44. The van der Waals surface area contributed by atoms with Crippen LogP contribution in [-0.4, -0.2) is 30.1 Å². The van der Waals surface area contributed by atoms with E-state index in [9.17, 15) is 4.79 Å². The van der Waals surface area contributed by atoms with Crippen LogP contribution in [0.15, 0.2) is 47.5 Å². The van der Waals surface area contributed by atoms with Crippen molar-refractivity contribution < 1.29 is 19.0 Å². The normalized spacial score (nSPS) is 15.5. The van der Waals surface area contributed by atoms with Crippen LogP contribution in [0.25, 0.3) is 0 Å². The molecule has 1 aliphatic rings. The monoisotopic (exact) mass is 401 g/mol. The van der Waals surface area contributed by atoms with Crippen molar-refractivity contribution in [1.29, 1.82) is 0 Å². The Morgan fingerprint density at radius 2 is 1.79 bits per heavy atom. The van der Waals surface area contributed by atoms with Gasteiger partial charge in [-0.1, -0.05) is 29.8 Å². The Morgan fingerprint density at radius 3 is 2.46 bits per heavy atom. The summed E-state index contributed by atoms with van der Waals surface area (Å²) in [4.78, 5) is 17.6. The lowest BCUT2D eigenvalue weighted by Gasteiger charge is -2.28. The second-order valence-corrected chi connectivity index (χ2v) is 8.39.